The molecule has 0 bridgehead atoms. The Hall–Kier alpha value is -0.790. The highest BCUT2D eigenvalue weighted by Gasteiger charge is 2.11. The lowest BCUT2D eigenvalue weighted by atomic mass is 10.5. The lowest BCUT2D eigenvalue weighted by molar-refractivity contribution is -0.136. The van der Waals surface area contributed by atoms with E-state index in [-0.39, 0.29) is 12.0 Å². The molecule has 0 spiro atoms. The molecule has 1 aromatic rings. The SMILES string of the molecule is CCOC(CCSc1n[nH]c(=O)n1CC)OCC. The molecule has 0 fully saturated rings. The first-order valence-electron chi connectivity index (χ1n) is 6.24. The van der Waals surface area contributed by atoms with Crippen LogP contribution in [0, 0.1) is 0 Å². The van der Waals surface area contributed by atoms with Crippen LogP contribution < -0.4 is 5.69 Å². The summed E-state index contributed by atoms with van der Waals surface area (Å²) in [4.78, 5) is 11.4. The maximum absolute atomic E-state index is 11.4. The van der Waals surface area contributed by atoms with Crippen molar-refractivity contribution in [1.29, 1.82) is 0 Å². The minimum Gasteiger partial charge on any atom is -0.353 e. The maximum atomic E-state index is 11.4. The molecular formula is C11H21N3O3S. The molecule has 1 N–H and O–H groups in total. The molecule has 6 nitrogen and oxygen atoms in total. The van der Waals surface area contributed by atoms with Gasteiger partial charge in [-0.25, -0.2) is 9.89 Å². The van der Waals surface area contributed by atoms with E-state index in [4.69, 9.17) is 9.47 Å². The van der Waals surface area contributed by atoms with Crippen LogP contribution in [0.5, 0.6) is 0 Å². The normalized spacial score (nSPS) is 11.3. The van der Waals surface area contributed by atoms with E-state index < -0.39 is 0 Å². The number of aromatic nitrogens is 3. The zero-order chi connectivity index (χ0) is 13.4. The molecule has 1 heterocycles. The van der Waals surface area contributed by atoms with Crippen LogP contribution in [0.1, 0.15) is 27.2 Å². The first kappa shape index (κ1) is 15.3. The van der Waals surface area contributed by atoms with Crippen molar-refractivity contribution in [2.24, 2.45) is 0 Å². The van der Waals surface area contributed by atoms with Crippen LogP contribution in [0.25, 0.3) is 0 Å². The van der Waals surface area contributed by atoms with E-state index in [0.717, 1.165) is 12.2 Å². The molecule has 0 aliphatic rings. The van der Waals surface area contributed by atoms with Gasteiger partial charge in [0.2, 0.25) is 0 Å². The van der Waals surface area contributed by atoms with E-state index in [1.165, 1.54) is 11.8 Å². The van der Waals surface area contributed by atoms with Gasteiger partial charge in [-0.1, -0.05) is 11.8 Å². The molecule has 0 aliphatic heterocycles. The highest BCUT2D eigenvalue weighted by molar-refractivity contribution is 7.99. The number of H-pyrrole nitrogens is 1. The summed E-state index contributed by atoms with van der Waals surface area (Å²) in [6.45, 7) is 7.71. The number of hydrogen-bond acceptors (Lipinski definition) is 5. The number of hydrogen-bond donors (Lipinski definition) is 1. The van der Waals surface area contributed by atoms with Crippen LogP contribution in [0.2, 0.25) is 0 Å². The predicted octanol–water partition coefficient (Wildman–Crippen LogP) is 1.47. The van der Waals surface area contributed by atoms with Crippen molar-refractivity contribution in [2.45, 2.75) is 45.2 Å². The van der Waals surface area contributed by atoms with Crippen LogP contribution >= 0.6 is 11.8 Å². The molecule has 0 atom stereocenters. The number of rotatable bonds is 9. The third-order valence-electron chi connectivity index (χ3n) is 2.33. The van der Waals surface area contributed by atoms with Gasteiger partial charge < -0.3 is 9.47 Å². The van der Waals surface area contributed by atoms with Gasteiger partial charge in [-0.05, 0) is 20.8 Å². The first-order chi connectivity index (χ1) is 8.72. The van der Waals surface area contributed by atoms with Crippen molar-refractivity contribution >= 4 is 11.8 Å². The van der Waals surface area contributed by atoms with Crippen LogP contribution in [0.15, 0.2) is 9.95 Å². The van der Waals surface area contributed by atoms with Gasteiger partial charge in [0.15, 0.2) is 11.4 Å². The Labute approximate surface area is 111 Å². The van der Waals surface area contributed by atoms with E-state index >= 15 is 0 Å². The van der Waals surface area contributed by atoms with Crippen molar-refractivity contribution in [2.75, 3.05) is 19.0 Å². The summed E-state index contributed by atoms with van der Waals surface area (Å²) in [7, 11) is 0. The van der Waals surface area contributed by atoms with Crippen LogP contribution in [0.3, 0.4) is 0 Å². The summed E-state index contributed by atoms with van der Waals surface area (Å²) in [5.74, 6) is 0.801. The van der Waals surface area contributed by atoms with E-state index in [1.54, 1.807) is 4.57 Å². The molecule has 0 saturated carbocycles. The summed E-state index contributed by atoms with van der Waals surface area (Å²) in [6.07, 6.45) is 0.602. The Balaban J connectivity index is 2.42. The zero-order valence-corrected chi connectivity index (χ0v) is 12.0. The largest absolute Gasteiger partial charge is 0.353 e. The summed E-state index contributed by atoms with van der Waals surface area (Å²) in [5.41, 5.74) is -0.161. The van der Waals surface area contributed by atoms with Crippen molar-refractivity contribution in [3.8, 4) is 0 Å². The number of aromatic amines is 1. The molecule has 0 amide bonds. The number of nitrogens with zero attached hydrogens (tertiary/aromatic N) is 2. The topological polar surface area (TPSA) is 69.1 Å². The third kappa shape index (κ3) is 4.47. The summed E-state index contributed by atoms with van der Waals surface area (Å²) < 4.78 is 12.5. The van der Waals surface area contributed by atoms with Crippen LogP contribution in [-0.4, -0.2) is 40.0 Å². The average Bonchev–Trinajstić information content (AvgIpc) is 2.70. The molecule has 7 heteroatoms. The fourth-order valence-corrected chi connectivity index (χ4v) is 2.50. The molecule has 1 rings (SSSR count). The molecular weight excluding hydrogens is 254 g/mol. The molecule has 1 aromatic heterocycles. The Morgan fingerprint density at radius 1 is 1.33 bits per heavy atom. The van der Waals surface area contributed by atoms with Gasteiger partial charge in [0.25, 0.3) is 0 Å². The fraction of sp³-hybridized carbons (Fsp3) is 0.818. The molecule has 0 unspecified atom stereocenters. The summed E-state index contributed by atoms with van der Waals surface area (Å²) in [6, 6.07) is 0. The quantitative estimate of drug-likeness (QED) is 0.546. The van der Waals surface area contributed by atoms with Gasteiger partial charge in [-0.2, -0.15) is 0 Å². The summed E-state index contributed by atoms with van der Waals surface area (Å²) >= 11 is 1.53. The predicted molar refractivity (Wildman–Crippen MR) is 70.9 cm³/mol. The average molecular weight is 275 g/mol. The van der Waals surface area contributed by atoms with Gasteiger partial charge in [0, 0.05) is 31.9 Å². The van der Waals surface area contributed by atoms with E-state index in [2.05, 4.69) is 10.2 Å². The van der Waals surface area contributed by atoms with Crippen LogP contribution in [0.4, 0.5) is 0 Å². The van der Waals surface area contributed by atoms with Crippen molar-refractivity contribution in [3.05, 3.63) is 10.5 Å². The van der Waals surface area contributed by atoms with Crippen molar-refractivity contribution < 1.29 is 9.47 Å². The van der Waals surface area contributed by atoms with E-state index in [9.17, 15) is 4.79 Å². The minimum atomic E-state index is -0.173. The number of thioether (sulfide) groups is 1. The van der Waals surface area contributed by atoms with E-state index in [1.807, 2.05) is 20.8 Å². The Morgan fingerprint density at radius 3 is 2.56 bits per heavy atom. The first-order valence-corrected chi connectivity index (χ1v) is 7.22. The molecule has 0 saturated heterocycles. The Kier molecular flexibility index (Phi) is 7.07. The van der Waals surface area contributed by atoms with Crippen molar-refractivity contribution in [3.63, 3.8) is 0 Å². The summed E-state index contributed by atoms with van der Waals surface area (Å²) in [5, 5.41) is 7.15. The van der Waals surface area contributed by atoms with Gasteiger partial charge in [-0.15, -0.1) is 5.10 Å². The molecule has 0 aromatic carbocycles. The molecule has 18 heavy (non-hydrogen) atoms. The monoisotopic (exact) mass is 275 g/mol. The third-order valence-corrected chi connectivity index (χ3v) is 3.34. The van der Waals surface area contributed by atoms with Crippen molar-refractivity contribution in [1.82, 2.24) is 14.8 Å². The zero-order valence-electron chi connectivity index (χ0n) is 11.1. The lowest BCUT2D eigenvalue weighted by Gasteiger charge is -2.16. The smallest absolute Gasteiger partial charge is 0.343 e. The maximum Gasteiger partial charge on any atom is 0.343 e. The lowest BCUT2D eigenvalue weighted by Crippen LogP contribution is -2.18. The second-order valence-electron chi connectivity index (χ2n) is 3.53. The van der Waals surface area contributed by atoms with Gasteiger partial charge in [0.1, 0.15) is 0 Å². The van der Waals surface area contributed by atoms with Gasteiger partial charge in [-0.3, -0.25) is 4.57 Å². The molecule has 0 radical (unpaired) electrons. The highest BCUT2D eigenvalue weighted by atomic mass is 32.2. The fourth-order valence-electron chi connectivity index (χ4n) is 1.53. The molecule has 0 aliphatic carbocycles. The van der Waals surface area contributed by atoms with E-state index in [0.29, 0.717) is 24.9 Å². The minimum absolute atomic E-state index is 0.161. The van der Waals surface area contributed by atoms with Crippen LogP contribution in [-0.2, 0) is 16.0 Å². The van der Waals surface area contributed by atoms with Gasteiger partial charge in [0.05, 0.1) is 0 Å². The number of nitrogens with one attached hydrogen (secondary N) is 1. The Bertz CT molecular complexity index is 385. The highest BCUT2D eigenvalue weighted by Crippen LogP contribution is 2.16. The standard InChI is InChI=1S/C11H21N3O3S/c1-4-14-10(15)12-13-11(14)18-8-7-9(16-5-2)17-6-3/h9H,4-8H2,1-3H3,(H,12,15). The second kappa shape index (κ2) is 8.34. The van der Waals surface area contributed by atoms with Gasteiger partial charge >= 0.3 is 5.69 Å². The second-order valence-corrected chi connectivity index (χ2v) is 4.60. The number of ether oxygens (including phenoxy) is 2. The Morgan fingerprint density at radius 2 is 2.00 bits per heavy atom. The molecule has 104 valence electrons.